The van der Waals surface area contributed by atoms with Gasteiger partial charge < -0.3 is 4.74 Å². The van der Waals surface area contributed by atoms with Gasteiger partial charge >= 0.3 is 5.97 Å². The molecule has 0 amide bonds. The van der Waals surface area contributed by atoms with Gasteiger partial charge in [0, 0.05) is 18.0 Å². The molecule has 13 heavy (non-hydrogen) atoms. The highest BCUT2D eigenvalue weighted by molar-refractivity contribution is 6.27. The van der Waals surface area contributed by atoms with Crippen LogP contribution in [0.25, 0.3) is 0 Å². The average Bonchev–Trinajstić information content (AvgIpc) is 2.01. The third-order valence-corrected chi connectivity index (χ3v) is 2.18. The van der Waals surface area contributed by atoms with E-state index in [1.807, 2.05) is 28.1 Å². The third-order valence-electron chi connectivity index (χ3n) is 1.85. The van der Waals surface area contributed by atoms with Crippen LogP contribution in [0.5, 0.6) is 0 Å². The van der Waals surface area contributed by atoms with Gasteiger partial charge in [-0.3, -0.25) is 4.48 Å². The summed E-state index contributed by atoms with van der Waals surface area (Å²) < 4.78 is 5.72. The van der Waals surface area contributed by atoms with Crippen LogP contribution in [0, 0.1) is 0 Å². The van der Waals surface area contributed by atoms with E-state index in [1.165, 1.54) is 5.54 Å². The van der Waals surface area contributed by atoms with Crippen molar-refractivity contribution in [1.29, 1.82) is 0 Å². The molecule has 0 heterocycles. The lowest BCUT2D eigenvalue weighted by atomic mass is 10.3. The number of carbonyl (C=O) groups excluding carboxylic acids is 1. The highest BCUT2D eigenvalue weighted by Gasteiger charge is 2.22. The average molecular weight is 207 g/mol. The second-order valence-corrected chi connectivity index (χ2v) is 4.13. The summed E-state index contributed by atoms with van der Waals surface area (Å²) in [7, 11) is 5.87. The van der Waals surface area contributed by atoms with Crippen LogP contribution in [0.15, 0.2) is 11.1 Å². The van der Waals surface area contributed by atoms with Gasteiger partial charge in [-0.15, -0.1) is 0 Å². The second-order valence-electron chi connectivity index (χ2n) is 3.91. The molecular weight excluding hydrogens is 190 g/mol. The molecule has 0 spiro atoms. The monoisotopic (exact) mass is 206 g/mol. The minimum absolute atomic E-state index is 0.181. The van der Waals surface area contributed by atoms with Crippen molar-refractivity contribution in [1.82, 2.24) is 0 Å². The Hall–Kier alpha value is -0.540. The SMILES string of the molecule is C/C(=C\Cl)C(=O)OC(C)[N+](C)(C)C. The number of carbonyl (C=O) groups is 1. The first-order chi connectivity index (χ1) is 5.79. The zero-order valence-electron chi connectivity index (χ0n) is 8.80. The molecule has 0 fully saturated rings. The fourth-order valence-corrected chi connectivity index (χ4v) is 0.540. The molecule has 76 valence electrons. The number of rotatable bonds is 3. The molecule has 0 radical (unpaired) electrons. The third kappa shape index (κ3) is 4.29. The molecule has 0 saturated heterocycles. The Morgan fingerprint density at radius 2 is 1.92 bits per heavy atom. The summed E-state index contributed by atoms with van der Waals surface area (Å²) in [6.45, 7) is 3.47. The van der Waals surface area contributed by atoms with E-state index in [4.69, 9.17) is 16.3 Å². The van der Waals surface area contributed by atoms with Crippen molar-refractivity contribution in [3.63, 3.8) is 0 Å². The van der Waals surface area contributed by atoms with Crippen molar-refractivity contribution in [2.45, 2.75) is 20.1 Å². The van der Waals surface area contributed by atoms with Crippen molar-refractivity contribution in [2.75, 3.05) is 21.1 Å². The number of hydrogen-bond donors (Lipinski definition) is 0. The van der Waals surface area contributed by atoms with E-state index in [0.29, 0.717) is 10.1 Å². The minimum Gasteiger partial charge on any atom is -0.409 e. The van der Waals surface area contributed by atoms with Crippen molar-refractivity contribution in [3.8, 4) is 0 Å². The lowest BCUT2D eigenvalue weighted by molar-refractivity contribution is -0.914. The molecule has 0 aliphatic rings. The van der Waals surface area contributed by atoms with Crippen molar-refractivity contribution in [3.05, 3.63) is 11.1 Å². The van der Waals surface area contributed by atoms with Gasteiger partial charge in [0.1, 0.15) is 0 Å². The highest BCUT2D eigenvalue weighted by atomic mass is 35.5. The lowest BCUT2D eigenvalue weighted by Gasteiger charge is -2.30. The van der Waals surface area contributed by atoms with Gasteiger partial charge in [0.05, 0.1) is 21.1 Å². The van der Waals surface area contributed by atoms with E-state index in [0.717, 1.165) is 0 Å². The topological polar surface area (TPSA) is 26.3 Å². The summed E-state index contributed by atoms with van der Waals surface area (Å²) in [5.74, 6) is -0.365. The fraction of sp³-hybridized carbons (Fsp3) is 0.667. The molecule has 0 rings (SSSR count). The van der Waals surface area contributed by atoms with Gasteiger partial charge in [-0.1, -0.05) is 11.6 Å². The quantitative estimate of drug-likeness (QED) is 0.304. The summed E-state index contributed by atoms with van der Waals surface area (Å²) in [6, 6.07) is 0. The Morgan fingerprint density at radius 3 is 2.23 bits per heavy atom. The molecule has 0 aliphatic carbocycles. The van der Waals surface area contributed by atoms with Crippen LogP contribution in [0.1, 0.15) is 13.8 Å². The van der Waals surface area contributed by atoms with E-state index in [-0.39, 0.29) is 12.2 Å². The normalized spacial score (nSPS) is 15.4. The Kier molecular flexibility index (Phi) is 4.44. The Balaban J connectivity index is 4.23. The molecule has 0 N–H and O–H groups in total. The van der Waals surface area contributed by atoms with Crippen molar-refractivity contribution < 1.29 is 14.0 Å². The maximum Gasteiger partial charge on any atom is 0.339 e. The van der Waals surface area contributed by atoms with Gasteiger partial charge in [-0.25, -0.2) is 4.79 Å². The summed E-state index contributed by atoms with van der Waals surface area (Å²) in [5, 5.41) is 0. The van der Waals surface area contributed by atoms with Crippen LogP contribution >= 0.6 is 11.6 Å². The van der Waals surface area contributed by atoms with Crippen LogP contribution in [0.4, 0.5) is 0 Å². The fourth-order valence-electron chi connectivity index (χ4n) is 0.451. The zero-order chi connectivity index (χ0) is 10.6. The number of quaternary nitrogens is 1. The summed E-state index contributed by atoms with van der Waals surface area (Å²) >= 11 is 5.38. The van der Waals surface area contributed by atoms with Gasteiger partial charge in [-0.05, 0) is 6.92 Å². The van der Waals surface area contributed by atoms with Gasteiger partial charge in [0.15, 0.2) is 0 Å². The van der Waals surface area contributed by atoms with E-state index >= 15 is 0 Å². The zero-order valence-corrected chi connectivity index (χ0v) is 9.55. The molecule has 0 aromatic heterocycles. The standard InChI is InChI=1S/C9H17ClNO2/c1-7(6-10)9(12)13-8(2)11(3,4)5/h6,8H,1-5H3/q+1/b7-6+. The first-order valence-electron chi connectivity index (χ1n) is 4.08. The lowest BCUT2D eigenvalue weighted by Crippen LogP contribution is -2.45. The molecule has 0 aromatic rings. The minimum atomic E-state index is -0.365. The van der Waals surface area contributed by atoms with Crippen LogP contribution in [0.3, 0.4) is 0 Å². The van der Waals surface area contributed by atoms with Crippen LogP contribution < -0.4 is 0 Å². The van der Waals surface area contributed by atoms with E-state index in [1.54, 1.807) is 6.92 Å². The van der Waals surface area contributed by atoms with E-state index in [9.17, 15) is 4.79 Å². The predicted octanol–water partition coefficient (Wildman–Crippen LogP) is 1.72. The molecule has 1 atom stereocenters. The van der Waals surface area contributed by atoms with Gasteiger partial charge in [0.25, 0.3) is 0 Å². The van der Waals surface area contributed by atoms with E-state index in [2.05, 4.69) is 0 Å². The van der Waals surface area contributed by atoms with Gasteiger partial charge in [-0.2, -0.15) is 0 Å². The number of ether oxygens (including phenoxy) is 1. The molecule has 0 aromatic carbocycles. The summed E-state index contributed by atoms with van der Waals surface area (Å²) in [6.07, 6.45) is -0.181. The number of hydrogen-bond acceptors (Lipinski definition) is 2. The first kappa shape index (κ1) is 12.5. The van der Waals surface area contributed by atoms with Crippen LogP contribution in [0.2, 0.25) is 0 Å². The smallest absolute Gasteiger partial charge is 0.339 e. The molecule has 0 saturated carbocycles. The molecule has 0 bridgehead atoms. The molecule has 4 heteroatoms. The highest BCUT2D eigenvalue weighted by Crippen LogP contribution is 2.07. The number of esters is 1. The predicted molar refractivity (Wildman–Crippen MR) is 53.2 cm³/mol. The maximum atomic E-state index is 11.2. The van der Waals surface area contributed by atoms with Gasteiger partial charge in [0.2, 0.25) is 6.23 Å². The van der Waals surface area contributed by atoms with Crippen molar-refractivity contribution >= 4 is 17.6 Å². The van der Waals surface area contributed by atoms with Crippen LogP contribution in [-0.4, -0.2) is 37.8 Å². The molecule has 3 nitrogen and oxygen atoms in total. The summed E-state index contributed by atoms with van der Waals surface area (Å²) in [4.78, 5) is 11.2. The second kappa shape index (κ2) is 4.63. The maximum absolute atomic E-state index is 11.2. The molecular formula is C9H17ClNO2+. The Bertz CT molecular complexity index is 218. The Morgan fingerprint density at radius 1 is 1.46 bits per heavy atom. The number of nitrogens with zero attached hydrogens (tertiary/aromatic N) is 1. The molecule has 1 unspecified atom stereocenters. The van der Waals surface area contributed by atoms with Crippen molar-refractivity contribution in [2.24, 2.45) is 0 Å². The summed E-state index contributed by atoms with van der Waals surface area (Å²) in [5.41, 5.74) is 1.65. The van der Waals surface area contributed by atoms with E-state index < -0.39 is 0 Å². The largest absolute Gasteiger partial charge is 0.409 e. The Labute approximate surface area is 84.5 Å². The molecule has 0 aliphatic heterocycles. The first-order valence-corrected chi connectivity index (χ1v) is 4.51. The number of halogens is 1. The van der Waals surface area contributed by atoms with Crippen LogP contribution in [-0.2, 0) is 9.53 Å².